The van der Waals surface area contributed by atoms with Crippen molar-refractivity contribution < 1.29 is 4.74 Å². The zero-order valence-corrected chi connectivity index (χ0v) is 11.7. The number of rotatable bonds is 4. The van der Waals surface area contributed by atoms with Gasteiger partial charge in [0.2, 0.25) is 0 Å². The zero-order valence-electron chi connectivity index (χ0n) is 11.7. The fourth-order valence-electron chi connectivity index (χ4n) is 2.49. The maximum atomic E-state index is 5.63. The molecule has 1 aliphatic carbocycles. The Morgan fingerprint density at radius 1 is 1.42 bits per heavy atom. The first-order valence-corrected chi connectivity index (χ1v) is 7.12. The van der Waals surface area contributed by atoms with Crippen molar-refractivity contribution >= 4 is 5.82 Å². The average Bonchev–Trinajstić information content (AvgIpc) is 3.24. The minimum atomic E-state index is 0.365. The molecule has 1 N–H and O–H groups in total. The highest BCUT2D eigenvalue weighted by Crippen LogP contribution is 2.22. The highest BCUT2D eigenvalue weighted by molar-refractivity contribution is 5.45. The molecule has 1 aromatic heterocycles. The Morgan fingerprint density at radius 2 is 2.26 bits per heavy atom. The Kier molecular flexibility index (Phi) is 3.66. The van der Waals surface area contributed by atoms with E-state index in [2.05, 4.69) is 20.2 Å². The summed E-state index contributed by atoms with van der Waals surface area (Å²) < 4.78 is 5.63. The van der Waals surface area contributed by atoms with Gasteiger partial charge in [-0.3, -0.25) is 4.98 Å². The fraction of sp³-hybridized carbons (Fsp3) is 0.714. The molecular formula is C14H22N4O. The lowest BCUT2D eigenvalue weighted by Crippen LogP contribution is -2.51. The third kappa shape index (κ3) is 3.04. The molecule has 1 aromatic rings. The van der Waals surface area contributed by atoms with Crippen LogP contribution in [-0.2, 0) is 4.74 Å². The summed E-state index contributed by atoms with van der Waals surface area (Å²) >= 11 is 0. The van der Waals surface area contributed by atoms with Gasteiger partial charge in [-0.05, 0) is 26.7 Å². The van der Waals surface area contributed by atoms with Crippen LogP contribution in [0.2, 0.25) is 0 Å². The van der Waals surface area contributed by atoms with Gasteiger partial charge in [0.25, 0.3) is 0 Å². The Morgan fingerprint density at radius 3 is 3.05 bits per heavy atom. The van der Waals surface area contributed by atoms with E-state index in [1.165, 1.54) is 12.8 Å². The van der Waals surface area contributed by atoms with Gasteiger partial charge in [-0.2, -0.15) is 0 Å². The number of morpholine rings is 1. The van der Waals surface area contributed by atoms with Crippen molar-refractivity contribution in [3.63, 3.8) is 0 Å². The molecule has 0 bridgehead atoms. The lowest BCUT2D eigenvalue weighted by atomic mass is 10.2. The van der Waals surface area contributed by atoms with E-state index in [0.717, 1.165) is 49.6 Å². The maximum Gasteiger partial charge on any atom is 0.150 e. The molecule has 1 unspecified atom stereocenters. The summed E-state index contributed by atoms with van der Waals surface area (Å²) in [5.41, 5.74) is 1.98. The van der Waals surface area contributed by atoms with Gasteiger partial charge >= 0.3 is 0 Å². The van der Waals surface area contributed by atoms with Crippen LogP contribution in [-0.4, -0.2) is 48.4 Å². The van der Waals surface area contributed by atoms with E-state index in [1.807, 2.05) is 20.0 Å². The Bertz CT molecular complexity index is 447. The normalized spacial score (nSPS) is 23.7. The molecule has 104 valence electrons. The number of nitrogens with zero attached hydrogens (tertiary/aromatic N) is 3. The van der Waals surface area contributed by atoms with E-state index in [0.29, 0.717) is 6.04 Å². The van der Waals surface area contributed by atoms with Crippen molar-refractivity contribution in [3.05, 3.63) is 17.6 Å². The molecule has 0 aromatic carbocycles. The third-order valence-electron chi connectivity index (χ3n) is 3.77. The van der Waals surface area contributed by atoms with E-state index in [9.17, 15) is 0 Å². The predicted octanol–water partition coefficient (Wildman–Crippen LogP) is 1.05. The molecule has 0 amide bonds. The second-order valence-corrected chi connectivity index (χ2v) is 5.53. The van der Waals surface area contributed by atoms with Gasteiger partial charge in [0.15, 0.2) is 5.82 Å². The summed E-state index contributed by atoms with van der Waals surface area (Å²) in [6.45, 7) is 7.44. The summed E-state index contributed by atoms with van der Waals surface area (Å²) in [5, 5.41) is 3.59. The molecule has 1 saturated heterocycles. The number of aromatic nitrogens is 2. The third-order valence-corrected chi connectivity index (χ3v) is 3.77. The van der Waals surface area contributed by atoms with Crippen molar-refractivity contribution in [1.29, 1.82) is 0 Å². The minimum absolute atomic E-state index is 0.365. The van der Waals surface area contributed by atoms with Gasteiger partial charge in [0.05, 0.1) is 30.6 Å². The predicted molar refractivity (Wildman–Crippen MR) is 74.5 cm³/mol. The van der Waals surface area contributed by atoms with Gasteiger partial charge in [-0.25, -0.2) is 4.98 Å². The van der Waals surface area contributed by atoms with Crippen LogP contribution in [0.25, 0.3) is 0 Å². The number of hydrogen-bond acceptors (Lipinski definition) is 5. The van der Waals surface area contributed by atoms with Gasteiger partial charge < -0.3 is 15.0 Å². The maximum absolute atomic E-state index is 5.63. The number of aryl methyl sites for hydroxylation is 2. The first-order valence-electron chi connectivity index (χ1n) is 7.12. The lowest BCUT2D eigenvalue weighted by Gasteiger charge is -2.37. The highest BCUT2D eigenvalue weighted by Gasteiger charge is 2.28. The summed E-state index contributed by atoms with van der Waals surface area (Å²) in [6.07, 6.45) is 4.46. The SMILES string of the molecule is Cc1cnc(C)c(N2CCOCC2CNC2CC2)n1. The summed E-state index contributed by atoms with van der Waals surface area (Å²) in [7, 11) is 0. The Labute approximate surface area is 114 Å². The molecule has 2 heterocycles. The average molecular weight is 262 g/mol. The van der Waals surface area contributed by atoms with E-state index in [1.54, 1.807) is 0 Å². The molecule has 5 heteroatoms. The molecule has 2 aliphatic rings. The molecule has 1 saturated carbocycles. The quantitative estimate of drug-likeness (QED) is 0.879. The van der Waals surface area contributed by atoms with Crippen molar-refractivity contribution in [2.75, 3.05) is 31.2 Å². The van der Waals surface area contributed by atoms with Crippen LogP contribution in [0.15, 0.2) is 6.20 Å². The standard InChI is InChI=1S/C14H22N4O/c1-10-7-15-11(2)14(17-10)18-5-6-19-9-13(18)8-16-12-3-4-12/h7,12-13,16H,3-6,8-9H2,1-2H3. The number of anilines is 1. The first kappa shape index (κ1) is 12.8. The monoisotopic (exact) mass is 262 g/mol. The van der Waals surface area contributed by atoms with Crippen LogP contribution < -0.4 is 10.2 Å². The molecule has 19 heavy (non-hydrogen) atoms. The topological polar surface area (TPSA) is 50.3 Å². The summed E-state index contributed by atoms with van der Waals surface area (Å²) in [5.74, 6) is 1.02. The van der Waals surface area contributed by atoms with Crippen molar-refractivity contribution in [2.24, 2.45) is 0 Å². The molecule has 5 nitrogen and oxygen atoms in total. The summed E-state index contributed by atoms with van der Waals surface area (Å²) in [4.78, 5) is 11.5. The van der Waals surface area contributed by atoms with E-state index >= 15 is 0 Å². The molecule has 0 spiro atoms. The highest BCUT2D eigenvalue weighted by atomic mass is 16.5. The Balaban J connectivity index is 1.75. The number of ether oxygens (including phenoxy) is 1. The molecule has 1 atom stereocenters. The Hall–Kier alpha value is -1.20. The van der Waals surface area contributed by atoms with Gasteiger partial charge in [0, 0.05) is 25.3 Å². The van der Waals surface area contributed by atoms with Crippen molar-refractivity contribution in [2.45, 2.75) is 38.8 Å². The van der Waals surface area contributed by atoms with E-state index < -0.39 is 0 Å². The smallest absolute Gasteiger partial charge is 0.150 e. The minimum Gasteiger partial charge on any atom is -0.377 e. The van der Waals surface area contributed by atoms with E-state index in [4.69, 9.17) is 4.74 Å². The van der Waals surface area contributed by atoms with Crippen LogP contribution >= 0.6 is 0 Å². The van der Waals surface area contributed by atoms with Crippen LogP contribution in [0.4, 0.5) is 5.82 Å². The summed E-state index contributed by atoms with van der Waals surface area (Å²) in [6, 6.07) is 1.10. The van der Waals surface area contributed by atoms with Crippen molar-refractivity contribution in [3.8, 4) is 0 Å². The van der Waals surface area contributed by atoms with Crippen LogP contribution in [0.1, 0.15) is 24.2 Å². The van der Waals surface area contributed by atoms with Crippen molar-refractivity contribution in [1.82, 2.24) is 15.3 Å². The van der Waals surface area contributed by atoms with E-state index in [-0.39, 0.29) is 0 Å². The molecule has 3 rings (SSSR count). The van der Waals surface area contributed by atoms with Crippen LogP contribution in [0.5, 0.6) is 0 Å². The van der Waals surface area contributed by atoms with Gasteiger partial charge in [-0.1, -0.05) is 0 Å². The zero-order chi connectivity index (χ0) is 13.2. The van der Waals surface area contributed by atoms with Crippen LogP contribution in [0, 0.1) is 13.8 Å². The second-order valence-electron chi connectivity index (χ2n) is 5.53. The molecule has 0 radical (unpaired) electrons. The van der Waals surface area contributed by atoms with Gasteiger partial charge in [0.1, 0.15) is 0 Å². The molecule has 2 fully saturated rings. The fourth-order valence-corrected chi connectivity index (χ4v) is 2.49. The van der Waals surface area contributed by atoms with Crippen LogP contribution in [0.3, 0.4) is 0 Å². The molecular weight excluding hydrogens is 240 g/mol. The first-order chi connectivity index (χ1) is 9.24. The second kappa shape index (κ2) is 5.43. The lowest BCUT2D eigenvalue weighted by molar-refractivity contribution is 0.0931. The number of nitrogens with one attached hydrogen (secondary N) is 1. The van der Waals surface area contributed by atoms with Gasteiger partial charge in [-0.15, -0.1) is 0 Å². The largest absolute Gasteiger partial charge is 0.377 e. The molecule has 1 aliphatic heterocycles. The number of hydrogen-bond donors (Lipinski definition) is 1.